The van der Waals surface area contributed by atoms with E-state index in [0.29, 0.717) is 5.92 Å². The Hall–Kier alpha value is -0.510. The van der Waals surface area contributed by atoms with Crippen molar-refractivity contribution < 1.29 is 0 Å². The molecular weight excluding hydrogens is 110 g/mol. The maximum Gasteiger partial charge on any atom is 0.0686 e. The van der Waals surface area contributed by atoms with Gasteiger partial charge >= 0.3 is 0 Å². The van der Waals surface area contributed by atoms with Crippen LogP contribution in [-0.2, 0) is 0 Å². The second kappa shape index (κ2) is 2.87. The van der Waals surface area contributed by atoms with E-state index in [9.17, 15) is 0 Å². The SMILES string of the molecule is CC[C@@H](C)C(C)(C)C#N. The summed E-state index contributed by atoms with van der Waals surface area (Å²) in [7, 11) is 0. The van der Waals surface area contributed by atoms with Crippen LogP contribution >= 0.6 is 0 Å². The van der Waals surface area contributed by atoms with E-state index in [1.807, 2.05) is 13.8 Å². The molecule has 1 heteroatoms. The standard InChI is InChI=1S/C8H15N/c1-5-7(2)8(3,4)6-9/h7H,5H2,1-4H3/t7-/m1/s1. The fourth-order valence-corrected chi connectivity index (χ4v) is 0.621. The second-order valence-electron chi connectivity index (χ2n) is 3.14. The first-order chi connectivity index (χ1) is 4.04. The van der Waals surface area contributed by atoms with E-state index in [-0.39, 0.29) is 5.41 Å². The molecule has 0 N–H and O–H groups in total. The number of nitriles is 1. The van der Waals surface area contributed by atoms with Gasteiger partial charge in [-0.1, -0.05) is 20.3 Å². The molecule has 0 heterocycles. The van der Waals surface area contributed by atoms with Crippen molar-refractivity contribution in [3.05, 3.63) is 0 Å². The van der Waals surface area contributed by atoms with E-state index < -0.39 is 0 Å². The quantitative estimate of drug-likeness (QED) is 0.556. The summed E-state index contributed by atoms with van der Waals surface area (Å²) in [6.45, 7) is 8.20. The van der Waals surface area contributed by atoms with Gasteiger partial charge in [-0.05, 0) is 19.8 Å². The summed E-state index contributed by atoms with van der Waals surface area (Å²) in [5.41, 5.74) is -0.144. The van der Waals surface area contributed by atoms with Crippen molar-refractivity contribution in [2.24, 2.45) is 11.3 Å². The molecular formula is C8H15N. The zero-order chi connectivity index (χ0) is 7.49. The molecule has 0 aliphatic heterocycles. The third kappa shape index (κ3) is 2.05. The van der Waals surface area contributed by atoms with Crippen molar-refractivity contribution in [1.29, 1.82) is 5.26 Å². The average Bonchev–Trinajstić information content (AvgIpc) is 1.86. The van der Waals surface area contributed by atoms with Gasteiger partial charge in [-0.15, -0.1) is 0 Å². The van der Waals surface area contributed by atoms with E-state index in [1.165, 1.54) is 0 Å². The van der Waals surface area contributed by atoms with Gasteiger partial charge in [0.2, 0.25) is 0 Å². The van der Waals surface area contributed by atoms with Crippen LogP contribution in [0.3, 0.4) is 0 Å². The fraction of sp³-hybridized carbons (Fsp3) is 0.875. The summed E-state index contributed by atoms with van der Waals surface area (Å²) in [6, 6.07) is 2.29. The van der Waals surface area contributed by atoms with Gasteiger partial charge in [-0.2, -0.15) is 5.26 Å². The Bertz CT molecular complexity index is 119. The van der Waals surface area contributed by atoms with Gasteiger partial charge in [0.1, 0.15) is 0 Å². The molecule has 52 valence electrons. The van der Waals surface area contributed by atoms with Crippen molar-refractivity contribution in [3.8, 4) is 6.07 Å². The van der Waals surface area contributed by atoms with Crippen LogP contribution in [0.15, 0.2) is 0 Å². The van der Waals surface area contributed by atoms with Gasteiger partial charge in [-0.25, -0.2) is 0 Å². The van der Waals surface area contributed by atoms with E-state index in [1.54, 1.807) is 0 Å². The lowest BCUT2D eigenvalue weighted by molar-refractivity contribution is 0.310. The third-order valence-corrected chi connectivity index (χ3v) is 2.13. The molecule has 0 aliphatic carbocycles. The second-order valence-corrected chi connectivity index (χ2v) is 3.14. The van der Waals surface area contributed by atoms with Gasteiger partial charge in [0, 0.05) is 0 Å². The molecule has 0 rings (SSSR count). The lowest BCUT2D eigenvalue weighted by atomic mass is 9.80. The Morgan fingerprint density at radius 1 is 1.56 bits per heavy atom. The maximum absolute atomic E-state index is 8.65. The van der Waals surface area contributed by atoms with E-state index in [4.69, 9.17) is 5.26 Å². The zero-order valence-corrected chi connectivity index (χ0v) is 6.73. The van der Waals surface area contributed by atoms with Crippen molar-refractivity contribution in [3.63, 3.8) is 0 Å². The highest BCUT2D eigenvalue weighted by atomic mass is 14.3. The van der Waals surface area contributed by atoms with Crippen LogP contribution in [0, 0.1) is 22.7 Å². The van der Waals surface area contributed by atoms with Crippen LogP contribution < -0.4 is 0 Å². The summed E-state index contributed by atoms with van der Waals surface area (Å²) < 4.78 is 0. The highest BCUT2D eigenvalue weighted by molar-refractivity contribution is 4.94. The van der Waals surface area contributed by atoms with E-state index >= 15 is 0 Å². The Balaban J connectivity index is 4.01. The summed E-state index contributed by atoms with van der Waals surface area (Å²) in [5, 5.41) is 8.65. The van der Waals surface area contributed by atoms with Crippen molar-refractivity contribution in [1.82, 2.24) is 0 Å². The molecule has 0 aromatic heterocycles. The normalized spacial score (nSPS) is 14.6. The smallest absolute Gasteiger partial charge is 0.0686 e. The Morgan fingerprint density at radius 3 is 2.11 bits per heavy atom. The van der Waals surface area contributed by atoms with Gasteiger partial charge in [-0.3, -0.25) is 0 Å². The first kappa shape index (κ1) is 8.49. The predicted molar refractivity (Wildman–Crippen MR) is 38.8 cm³/mol. The minimum Gasteiger partial charge on any atom is -0.198 e. The van der Waals surface area contributed by atoms with Crippen molar-refractivity contribution in [2.75, 3.05) is 0 Å². The first-order valence-corrected chi connectivity index (χ1v) is 3.45. The van der Waals surface area contributed by atoms with Crippen LogP contribution in [0.2, 0.25) is 0 Å². The minimum atomic E-state index is -0.144. The van der Waals surface area contributed by atoms with Crippen LogP contribution in [0.5, 0.6) is 0 Å². The van der Waals surface area contributed by atoms with Gasteiger partial charge in [0.15, 0.2) is 0 Å². The van der Waals surface area contributed by atoms with Crippen LogP contribution in [0.4, 0.5) is 0 Å². The van der Waals surface area contributed by atoms with Crippen LogP contribution in [-0.4, -0.2) is 0 Å². The molecule has 1 atom stereocenters. The molecule has 0 fully saturated rings. The molecule has 0 aromatic rings. The average molecular weight is 125 g/mol. The monoisotopic (exact) mass is 125 g/mol. The van der Waals surface area contributed by atoms with Gasteiger partial charge in [0.25, 0.3) is 0 Å². The van der Waals surface area contributed by atoms with Crippen LogP contribution in [0.25, 0.3) is 0 Å². The highest BCUT2D eigenvalue weighted by Gasteiger charge is 2.23. The Kier molecular flexibility index (Phi) is 2.70. The molecule has 1 nitrogen and oxygen atoms in total. The highest BCUT2D eigenvalue weighted by Crippen LogP contribution is 2.27. The molecule has 0 saturated heterocycles. The van der Waals surface area contributed by atoms with Gasteiger partial charge < -0.3 is 0 Å². The molecule has 0 aliphatic rings. The lowest BCUT2D eigenvalue weighted by Crippen LogP contribution is -2.18. The maximum atomic E-state index is 8.65. The fourth-order valence-electron chi connectivity index (χ4n) is 0.621. The zero-order valence-electron chi connectivity index (χ0n) is 6.73. The molecule has 0 bridgehead atoms. The molecule has 0 spiro atoms. The largest absolute Gasteiger partial charge is 0.198 e. The van der Waals surface area contributed by atoms with Crippen molar-refractivity contribution in [2.45, 2.75) is 34.1 Å². The molecule has 0 aromatic carbocycles. The topological polar surface area (TPSA) is 23.8 Å². The summed E-state index contributed by atoms with van der Waals surface area (Å²) in [5.74, 6) is 0.502. The number of hydrogen-bond donors (Lipinski definition) is 0. The number of hydrogen-bond acceptors (Lipinski definition) is 1. The number of nitrogens with zero attached hydrogens (tertiary/aromatic N) is 1. The van der Waals surface area contributed by atoms with Gasteiger partial charge in [0.05, 0.1) is 11.5 Å². The van der Waals surface area contributed by atoms with E-state index in [0.717, 1.165) is 6.42 Å². The lowest BCUT2D eigenvalue weighted by Gasteiger charge is -2.22. The predicted octanol–water partition coefficient (Wildman–Crippen LogP) is 2.58. The van der Waals surface area contributed by atoms with Crippen LogP contribution in [0.1, 0.15) is 34.1 Å². The Morgan fingerprint density at radius 2 is 2.00 bits per heavy atom. The van der Waals surface area contributed by atoms with E-state index in [2.05, 4.69) is 19.9 Å². The molecule has 0 saturated carbocycles. The number of rotatable bonds is 2. The molecule has 9 heavy (non-hydrogen) atoms. The van der Waals surface area contributed by atoms with Crippen molar-refractivity contribution >= 4 is 0 Å². The molecule has 0 unspecified atom stereocenters. The third-order valence-electron chi connectivity index (χ3n) is 2.13. The molecule has 0 amide bonds. The Labute approximate surface area is 57.7 Å². The summed E-state index contributed by atoms with van der Waals surface area (Å²) in [4.78, 5) is 0. The minimum absolute atomic E-state index is 0.144. The molecule has 0 radical (unpaired) electrons. The summed E-state index contributed by atoms with van der Waals surface area (Å²) in [6.07, 6.45) is 1.08. The first-order valence-electron chi connectivity index (χ1n) is 3.45. The summed E-state index contributed by atoms with van der Waals surface area (Å²) >= 11 is 0.